The van der Waals surface area contributed by atoms with Crippen LogP contribution in [0.2, 0.25) is 0 Å². The van der Waals surface area contributed by atoms with E-state index in [9.17, 15) is 4.79 Å². The molecule has 128 valence electrons. The summed E-state index contributed by atoms with van der Waals surface area (Å²) < 4.78 is 7.73. The number of carbonyl (C=O) groups excluding carboxylic acids is 1. The van der Waals surface area contributed by atoms with Crippen LogP contribution in [0.25, 0.3) is 0 Å². The second kappa shape index (κ2) is 7.95. The zero-order chi connectivity index (χ0) is 16.1. The summed E-state index contributed by atoms with van der Waals surface area (Å²) in [5, 5.41) is 0. The van der Waals surface area contributed by atoms with Gasteiger partial charge in [0.25, 0.3) is 0 Å². The van der Waals surface area contributed by atoms with Crippen molar-refractivity contribution in [2.75, 3.05) is 45.9 Å². The van der Waals surface area contributed by atoms with E-state index in [0.717, 1.165) is 71.9 Å². The van der Waals surface area contributed by atoms with Crippen LogP contribution in [0.5, 0.6) is 0 Å². The number of likely N-dealkylation sites (tertiary alicyclic amines) is 1. The Hall–Kier alpha value is -1.37. The summed E-state index contributed by atoms with van der Waals surface area (Å²) in [6.07, 6.45) is 4.15. The summed E-state index contributed by atoms with van der Waals surface area (Å²) in [6.45, 7) is 8.58. The van der Waals surface area contributed by atoms with E-state index in [4.69, 9.17) is 10.5 Å². The van der Waals surface area contributed by atoms with Gasteiger partial charge in [-0.3, -0.25) is 14.6 Å². The highest BCUT2D eigenvalue weighted by atomic mass is 16.5. The van der Waals surface area contributed by atoms with Crippen LogP contribution in [0.1, 0.15) is 18.5 Å². The predicted molar refractivity (Wildman–Crippen MR) is 88.9 cm³/mol. The number of hydrogen-bond donors (Lipinski definition) is 1. The summed E-state index contributed by atoms with van der Waals surface area (Å²) in [5.74, 6) is -0.141. The third-order valence-corrected chi connectivity index (χ3v) is 4.98. The minimum atomic E-state index is -0.155. The third-order valence-electron chi connectivity index (χ3n) is 4.98. The fourth-order valence-electron chi connectivity index (χ4n) is 3.55. The van der Waals surface area contributed by atoms with Gasteiger partial charge in [-0.2, -0.15) is 0 Å². The van der Waals surface area contributed by atoms with Crippen LogP contribution in [0, 0.1) is 5.92 Å². The van der Waals surface area contributed by atoms with Crippen molar-refractivity contribution in [1.29, 1.82) is 0 Å². The highest BCUT2D eigenvalue weighted by Crippen LogP contribution is 2.18. The molecule has 3 rings (SSSR count). The molecule has 23 heavy (non-hydrogen) atoms. The molecule has 0 aromatic carbocycles. The number of morpholine rings is 1. The molecule has 2 fully saturated rings. The molecule has 0 spiro atoms. The fraction of sp³-hybridized carbons (Fsp3) is 0.706. The lowest BCUT2D eigenvalue weighted by atomic mass is 9.97. The maximum atomic E-state index is 11.4. The maximum absolute atomic E-state index is 11.4. The van der Waals surface area contributed by atoms with Gasteiger partial charge in [0.1, 0.15) is 0 Å². The molecule has 0 saturated carbocycles. The van der Waals surface area contributed by atoms with E-state index in [-0.39, 0.29) is 11.8 Å². The molecule has 1 amide bonds. The van der Waals surface area contributed by atoms with Crippen molar-refractivity contribution in [2.24, 2.45) is 11.7 Å². The normalized spacial score (nSPS) is 23.9. The van der Waals surface area contributed by atoms with Gasteiger partial charge in [-0.1, -0.05) is 0 Å². The third kappa shape index (κ3) is 4.56. The Balaban J connectivity index is 1.52. The lowest BCUT2D eigenvalue weighted by molar-refractivity contribution is -0.123. The molecule has 0 bridgehead atoms. The van der Waals surface area contributed by atoms with Gasteiger partial charge < -0.3 is 15.0 Å². The van der Waals surface area contributed by atoms with Crippen molar-refractivity contribution in [3.8, 4) is 0 Å². The van der Waals surface area contributed by atoms with Gasteiger partial charge in [-0.15, -0.1) is 0 Å². The number of hydrogen-bond acceptors (Lipinski definition) is 4. The predicted octanol–water partition coefficient (Wildman–Crippen LogP) is 0.518. The Bertz CT molecular complexity index is 510. The second-order valence-corrected chi connectivity index (χ2v) is 6.62. The number of carbonyl (C=O) groups is 1. The molecule has 2 aliphatic heterocycles. The monoisotopic (exact) mass is 320 g/mol. The van der Waals surface area contributed by atoms with Crippen LogP contribution < -0.4 is 5.73 Å². The lowest BCUT2D eigenvalue weighted by Gasteiger charge is -2.31. The molecule has 0 radical (unpaired) electrons. The van der Waals surface area contributed by atoms with Crippen LogP contribution in [-0.4, -0.2) is 66.2 Å². The van der Waals surface area contributed by atoms with Crippen LogP contribution in [0.3, 0.4) is 0 Å². The maximum Gasteiger partial charge on any atom is 0.221 e. The first-order chi connectivity index (χ1) is 11.2. The van der Waals surface area contributed by atoms with E-state index in [0.29, 0.717) is 0 Å². The largest absolute Gasteiger partial charge is 0.379 e. The summed E-state index contributed by atoms with van der Waals surface area (Å²) in [6, 6.07) is 4.30. The lowest BCUT2D eigenvalue weighted by Crippen LogP contribution is -2.41. The number of nitrogens with two attached hydrogens (primary N) is 1. The molecule has 1 aromatic rings. The molecule has 1 atom stereocenters. The van der Waals surface area contributed by atoms with Crippen molar-refractivity contribution >= 4 is 5.91 Å². The van der Waals surface area contributed by atoms with Crippen molar-refractivity contribution < 1.29 is 9.53 Å². The van der Waals surface area contributed by atoms with Gasteiger partial charge in [0, 0.05) is 51.2 Å². The molecule has 0 aliphatic carbocycles. The summed E-state index contributed by atoms with van der Waals surface area (Å²) in [4.78, 5) is 16.2. The number of rotatable bonds is 6. The molecule has 2 N–H and O–H groups in total. The topological polar surface area (TPSA) is 63.7 Å². The molecular formula is C17H28N4O2. The van der Waals surface area contributed by atoms with E-state index in [1.807, 2.05) is 0 Å². The van der Waals surface area contributed by atoms with E-state index in [2.05, 4.69) is 32.7 Å². The second-order valence-electron chi connectivity index (χ2n) is 6.62. The number of aromatic nitrogens is 1. The van der Waals surface area contributed by atoms with Crippen LogP contribution >= 0.6 is 0 Å². The zero-order valence-electron chi connectivity index (χ0n) is 13.8. The highest BCUT2D eigenvalue weighted by Gasteiger charge is 2.24. The van der Waals surface area contributed by atoms with Crippen molar-refractivity contribution in [1.82, 2.24) is 14.4 Å². The van der Waals surface area contributed by atoms with Gasteiger partial charge >= 0.3 is 0 Å². The quantitative estimate of drug-likeness (QED) is 0.830. The number of piperidine rings is 1. The molecule has 1 unspecified atom stereocenters. The number of amides is 1. The minimum Gasteiger partial charge on any atom is -0.379 e. The molecule has 6 heteroatoms. The molecular weight excluding hydrogens is 292 g/mol. The van der Waals surface area contributed by atoms with Gasteiger partial charge in [0.05, 0.1) is 19.1 Å². The zero-order valence-corrected chi connectivity index (χ0v) is 13.8. The average molecular weight is 320 g/mol. The van der Waals surface area contributed by atoms with Gasteiger partial charge in [0.15, 0.2) is 0 Å². The number of primary amides is 1. The van der Waals surface area contributed by atoms with E-state index in [1.54, 1.807) is 0 Å². The first-order valence-electron chi connectivity index (χ1n) is 8.68. The Morgan fingerprint density at radius 2 is 2.04 bits per heavy atom. The van der Waals surface area contributed by atoms with Gasteiger partial charge in [-0.05, 0) is 31.5 Å². The molecule has 2 aliphatic rings. The van der Waals surface area contributed by atoms with E-state index in [1.165, 1.54) is 5.69 Å². The summed E-state index contributed by atoms with van der Waals surface area (Å²) >= 11 is 0. The Kier molecular flexibility index (Phi) is 5.70. The number of nitrogens with zero attached hydrogens (tertiary/aromatic N) is 3. The van der Waals surface area contributed by atoms with E-state index >= 15 is 0 Å². The van der Waals surface area contributed by atoms with Crippen LogP contribution in [0.15, 0.2) is 18.3 Å². The summed E-state index contributed by atoms with van der Waals surface area (Å²) in [5.41, 5.74) is 6.80. The van der Waals surface area contributed by atoms with Crippen molar-refractivity contribution in [2.45, 2.75) is 25.9 Å². The molecule has 1 aromatic heterocycles. The first kappa shape index (κ1) is 16.5. The average Bonchev–Trinajstić information content (AvgIpc) is 3.01. The summed E-state index contributed by atoms with van der Waals surface area (Å²) in [7, 11) is 0. The first-order valence-corrected chi connectivity index (χ1v) is 8.68. The fourth-order valence-corrected chi connectivity index (χ4v) is 3.55. The van der Waals surface area contributed by atoms with Crippen molar-refractivity contribution in [3.05, 3.63) is 24.0 Å². The smallest absolute Gasteiger partial charge is 0.221 e. The van der Waals surface area contributed by atoms with Crippen LogP contribution in [0.4, 0.5) is 0 Å². The SMILES string of the molecule is NC(=O)C1CCCN(Cc2cccn2CCN2CCOCC2)C1. The highest BCUT2D eigenvalue weighted by molar-refractivity contribution is 5.76. The number of ether oxygens (including phenoxy) is 1. The Morgan fingerprint density at radius 3 is 2.83 bits per heavy atom. The Morgan fingerprint density at radius 1 is 1.22 bits per heavy atom. The Labute approximate surface area is 138 Å². The van der Waals surface area contributed by atoms with Gasteiger partial charge in [-0.25, -0.2) is 0 Å². The molecule has 6 nitrogen and oxygen atoms in total. The van der Waals surface area contributed by atoms with Crippen LogP contribution in [-0.2, 0) is 22.6 Å². The molecule has 3 heterocycles. The minimum absolute atomic E-state index is 0.0144. The van der Waals surface area contributed by atoms with Gasteiger partial charge in [0.2, 0.25) is 5.91 Å². The standard InChI is InChI=1S/C17H28N4O2/c18-17(22)15-3-1-5-20(13-15)14-16-4-2-6-21(16)8-7-19-9-11-23-12-10-19/h2,4,6,15H,1,3,5,7-14H2,(H2,18,22). The van der Waals surface area contributed by atoms with Crippen molar-refractivity contribution in [3.63, 3.8) is 0 Å². The molecule has 2 saturated heterocycles. The van der Waals surface area contributed by atoms with E-state index < -0.39 is 0 Å².